The van der Waals surface area contributed by atoms with Crippen LogP contribution >= 0.6 is 22.9 Å². The summed E-state index contributed by atoms with van der Waals surface area (Å²) in [7, 11) is 0. The van der Waals surface area contributed by atoms with Crippen molar-refractivity contribution >= 4 is 22.9 Å². The number of benzene rings is 1. The van der Waals surface area contributed by atoms with E-state index < -0.39 is 0 Å². The monoisotopic (exact) mass is 293 g/mol. The molecule has 0 radical (unpaired) electrons. The van der Waals surface area contributed by atoms with Gasteiger partial charge in [-0.2, -0.15) is 0 Å². The Hall–Kier alpha value is -0.830. The molecule has 0 aliphatic rings. The first kappa shape index (κ1) is 14.6. The lowest BCUT2D eigenvalue weighted by atomic mass is 9.96. The van der Waals surface area contributed by atoms with Crippen molar-refractivity contribution in [2.45, 2.75) is 33.2 Å². The summed E-state index contributed by atoms with van der Waals surface area (Å²) in [6.45, 7) is 7.52. The summed E-state index contributed by atoms with van der Waals surface area (Å²) >= 11 is 8.05. The van der Waals surface area contributed by atoms with Crippen LogP contribution in [0.15, 0.2) is 29.6 Å². The van der Waals surface area contributed by atoms with Crippen LogP contribution in [-0.4, -0.2) is 6.54 Å². The Bertz CT molecular complexity index is 547. The number of thiophene rings is 1. The van der Waals surface area contributed by atoms with E-state index in [0.717, 1.165) is 18.0 Å². The Kier molecular flexibility index (Phi) is 5.03. The maximum atomic E-state index is 6.33. The zero-order valence-electron chi connectivity index (χ0n) is 11.7. The SMILES string of the molecule is CCCNC(c1cccc(C)c1C)c1sccc1Cl. The van der Waals surface area contributed by atoms with Gasteiger partial charge in [0, 0.05) is 4.88 Å². The summed E-state index contributed by atoms with van der Waals surface area (Å²) in [5.74, 6) is 0. The van der Waals surface area contributed by atoms with E-state index >= 15 is 0 Å². The van der Waals surface area contributed by atoms with Gasteiger partial charge in [0.1, 0.15) is 0 Å². The molecule has 0 fully saturated rings. The largest absolute Gasteiger partial charge is 0.306 e. The summed E-state index contributed by atoms with van der Waals surface area (Å²) in [6.07, 6.45) is 1.12. The van der Waals surface area contributed by atoms with E-state index in [-0.39, 0.29) is 6.04 Å². The van der Waals surface area contributed by atoms with Crippen LogP contribution in [0.3, 0.4) is 0 Å². The molecule has 19 heavy (non-hydrogen) atoms. The van der Waals surface area contributed by atoms with Gasteiger partial charge in [-0.05, 0) is 54.9 Å². The van der Waals surface area contributed by atoms with Gasteiger partial charge in [-0.3, -0.25) is 0 Å². The Morgan fingerprint density at radius 3 is 2.68 bits per heavy atom. The van der Waals surface area contributed by atoms with Crippen molar-refractivity contribution in [2.24, 2.45) is 0 Å². The zero-order chi connectivity index (χ0) is 13.8. The highest BCUT2D eigenvalue weighted by atomic mass is 35.5. The average molecular weight is 294 g/mol. The molecule has 0 saturated carbocycles. The third-order valence-electron chi connectivity index (χ3n) is 3.46. The topological polar surface area (TPSA) is 12.0 Å². The number of nitrogens with one attached hydrogen (secondary N) is 1. The van der Waals surface area contributed by atoms with E-state index in [2.05, 4.69) is 49.7 Å². The molecule has 2 aromatic rings. The van der Waals surface area contributed by atoms with Gasteiger partial charge >= 0.3 is 0 Å². The number of rotatable bonds is 5. The van der Waals surface area contributed by atoms with Crippen LogP contribution in [0.1, 0.15) is 41.0 Å². The van der Waals surface area contributed by atoms with E-state index in [4.69, 9.17) is 11.6 Å². The van der Waals surface area contributed by atoms with Crippen LogP contribution in [-0.2, 0) is 0 Å². The highest BCUT2D eigenvalue weighted by Crippen LogP contribution is 2.34. The molecule has 0 aliphatic carbocycles. The number of hydrogen-bond donors (Lipinski definition) is 1. The van der Waals surface area contributed by atoms with Gasteiger partial charge in [0.05, 0.1) is 11.1 Å². The minimum Gasteiger partial charge on any atom is -0.306 e. The average Bonchev–Trinajstić information content (AvgIpc) is 2.81. The standard InChI is InChI=1S/C16H20ClNS/c1-4-9-18-15(16-14(17)8-10-19-16)13-7-5-6-11(2)12(13)3/h5-8,10,15,18H,4,9H2,1-3H3. The molecule has 0 spiro atoms. The first-order valence-electron chi connectivity index (χ1n) is 6.67. The van der Waals surface area contributed by atoms with Gasteiger partial charge in [0.25, 0.3) is 0 Å². The van der Waals surface area contributed by atoms with E-state index in [1.54, 1.807) is 11.3 Å². The van der Waals surface area contributed by atoms with E-state index in [0.29, 0.717) is 0 Å². The zero-order valence-corrected chi connectivity index (χ0v) is 13.2. The van der Waals surface area contributed by atoms with Gasteiger partial charge < -0.3 is 5.32 Å². The predicted octanol–water partition coefficient (Wildman–Crippen LogP) is 5.11. The first-order valence-corrected chi connectivity index (χ1v) is 7.93. The minimum atomic E-state index is 0.201. The lowest BCUT2D eigenvalue weighted by Crippen LogP contribution is -2.23. The lowest BCUT2D eigenvalue weighted by Gasteiger charge is -2.21. The molecule has 1 nitrogen and oxygen atoms in total. The van der Waals surface area contributed by atoms with Crippen molar-refractivity contribution in [1.82, 2.24) is 5.32 Å². The molecule has 1 aromatic carbocycles. The van der Waals surface area contributed by atoms with Gasteiger partial charge in [0.15, 0.2) is 0 Å². The van der Waals surface area contributed by atoms with Crippen LogP contribution in [0.2, 0.25) is 5.02 Å². The van der Waals surface area contributed by atoms with Crippen molar-refractivity contribution in [2.75, 3.05) is 6.54 Å². The summed E-state index contributed by atoms with van der Waals surface area (Å²) in [5.41, 5.74) is 4.01. The van der Waals surface area contributed by atoms with E-state index in [9.17, 15) is 0 Å². The maximum Gasteiger partial charge on any atom is 0.0688 e. The molecule has 0 saturated heterocycles. The van der Waals surface area contributed by atoms with E-state index in [1.165, 1.54) is 21.6 Å². The van der Waals surface area contributed by atoms with Crippen molar-refractivity contribution < 1.29 is 0 Å². The van der Waals surface area contributed by atoms with Crippen LogP contribution in [0.5, 0.6) is 0 Å². The van der Waals surface area contributed by atoms with Gasteiger partial charge in [-0.15, -0.1) is 11.3 Å². The summed E-state index contributed by atoms with van der Waals surface area (Å²) < 4.78 is 0. The fraction of sp³-hybridized carbons (Fsp3) is 0.375. The Labute approximate surface area is 124 Å². The summed E-state index contributed by atoms with van der Waals surface area (Å²) in [4.78, 5) is 1.21. The van der Waals surface area contributed by atoms with Crippen LogP contribution in [0, 0.1) is 13.8 Å². The first-order chi connectivity index (χ1) is 9.15. The molecular formula is C16H20ClNS. The molecular weight excluding hydrogens is 274 g/mol. The Morgan fingerprint density at radius 2 is 2.05 bits per heavy atom. The van der Waals surface area contributed by atoms with Gasteiger partial charge in [-0.25, -0.2) is 0 Å². The molecule has 1 N–H and O–H groups in total. The minimum absolute atomic E-state index is 0.201. The third kappa shape index (κ3) is 3.19. The predicted molar refractivity (Wildman–Crippen MR) is 85.4 cm³/mol. The molecule has 1 unspecified atom stereocenters. The lowest BCUT2D eigenvalue weighted by molar-refractivity contribution is 0.603. The van der Waals surface area contributed by atoms with Crippen LogP contribution in [0.25, 0.3) is 0 Å². The summed E-state index contributed by atoms with van der Waals surface area (Å²) in [5, 5.41) is 6.54. The number of aryl methyl sites for hydroxylation is 1. The van der Waals surface area contributed by atoms with Gasteiger partial charge in [-0.1, -0.05) is 36.7 Å². The fourth-order valence-corrected chi connectivity index (χ4v) is 3.49. The Balaban J connectivity index is 2.43. The molecule has 1 atom stereocenters. The fourth-order valence-electron chi connectivity index (χ4n) is 2.23. The number of halogens is 1. The molecule has 1 heterocycles. The van der Waals surface area contributed by atoms with Crippen molar-refractivity contribution in [3.8, 4) is 0 Å². The Morgan fingerprint density at radius 1 is 1.26 bits per heavy atom. The molecule has 2 rings (SSSR count). The quantitative estimate of drug-likeness (QED) is 0.808. The molecule has 0 bridgehead atoms. The molecule has 1 aromatic heterocycles. The summed E-state index contributed by atoms with van der Waals surface area (Å²) in [6, 6.07) is 8.66. The maximum absolute atomic E-state index is 6.33. The molecule has 0 aliphatic heterocycles. The molecule has 102 valence electrons. The van der Waals surface area contributed by atoms with Crippen molar-refractivity contribution in [3.63, 3.8) is 0 Å². The highest BCUT2D eigenvalue weighted by molar-refractivity contribution is 7.10. The smallest absolute Gasteiger partial charge is 0.0688 e. The van der Waals surface area contributed by atoms with Crippen molar-refractivity contribution in [1.29, 1.82) is 0 Å². The number of hydrogen-bond acceptors (Lipinski definition) is 2. The highest BCUT2D eigenvalue weighted by Gasteiger charge is 2.19. The van der Waals surface area contributed by atoms with Crippen LogP contribution in [0.4, 0.5) is 0 Å². The van der Waals surface area contributed by atoms with E-state index in [1.807, 2.05) is 6.07 Å². The second kappa shape index (κ2) is 6.56. The van der Waals surface area contributed by atoms with Crippen molar-refractivity contribution in [3.05, 3.63) is 56.2 Å². The molecule has 0 amide bonds. The molecule has 3 heteroatoms. The second-order valence-corrected chi connectivity index (χ2v) is 6.16. The normalized spacial score (nSPS) is 12.6. The third-order valence-corrected chi connectivity index (χ3v) is 4.89. The van der Waals surface area contributed by atoms with Crippen LogP contribution < -0.4 is 5.32 Å². The second-order valence-electron chi connectivity index (χ2n) is 4.81. The van der Waals surface area contributed by atoms with Gasteiger partial charge in [0.2, 0.25) is 0 Å².